The zero-order valence-corrected chi connectivity index (χ0v) is 15.9. The molecule has 1 aliphatic rings. The number of likely N-dealkylation sites (N-methyl/N-ethyl adjacent to an activating group) is 1. The molecule has 1 aromatic heterocycles. The number of benzene rings is 1. The Labute approximate surface area is 160 Å². The second-order valence-electron chi connectivity index (χ2n) is 6.27. The smallest absolute Gasteiger partial charge is 0.325 e. The average molecular weight is 392 g/mol. The maximum atomic E-state index is 12.8. The van der Waals surface area contributed by atoms with Crippen LogP contribution in [0.25, 0.3) is 0 Å². The van der Waals surface area contributed by atoms with E-state index in [0.29, 0.717) is 16.4 Å². The predicted molar refractivity (Wildman–Crippen MR) is 99.8 cm³/mol. The third-order valence-electron chi connectivity index (χ3n) is 4.37. The minimum atomic E-state index is -1.17. The molecule has 0 radical (unpaired) electrons. The van der Waals surface area contributed by atoms with Crippen molar-refractivity contribution in [3.05, 3.63) is 57.2 Å². The maximum Gasteiger partial charge on any atom is 0.325 e. The van der Waals surface area contributed by atoms with Gasteiger partial charge in [-0.2, -0.15) is 0 Å². The first-order chi connectivity index (χ1) is 12.3. The average Bonchev–Trinajstić information content (AvgIpc) is 3.12. The van der Waals surface area contributed by atoms with Crippen LogP contribution in [-0.2, 0) is 21.7 Å². The summed E-state index contributed by atoms with van der Waals surface area (Å²) in [5, 5.41) is 2.70. The number of halogens is 1. The highest BCUT2D eigenvalue weighted by Crippen LogP contribution is 2.28. The number of hydrogen-bond acceptors (Lipinski definition) is 4. The van der Waals surface area contributed by atoms with E-state index in [1.54, 1.807) is 44.3 Å². The zero-order chi connectivity index (χ0) is 18.9. The zero-order valence-electron chi connectivity index (χ0n) is 14.4. The molecule has 1 aromatic carbocycles. The fourth-order valence-corrected chi connectivity index (χ4v) is 3.96. The topological polar surface area (TPSA) is 69.7 Å². The SMILES string of the molecule is CN(Cc1ccc(Cl)s1)C(=O)CN1C(=O)N[C@@](C)(c2ccccc2)C1=O. The summed E-state index contributed by atoms with van der Waals surface area (Å²) < 4.78 is 0.647. The molecule has 2 heterocycles. The molecule has 4 amide bonds. The molecule has 0 bridgehead atoms. The van der Waals surface area contributed by atoms with Crippen LogP contribution >= 0.6 is 22.9 Å². The van der Waals surface area contributed by atoms with Crippen molar-refractivity contribution in [3.63, 3.8) is 0 Å². The molecular formula is C18H18ClN3O3S. The van der Waals surface area contributed by atoms with Gasteiger partial charge in [0.1, 0.15) is 12.1 Å². The van der Waals surface area contributed by atoms with E-state index in [0.717, 1.165) is 9.78 Å². The van der Waals surface area contributed by atoms with Gasteiger partial charge in [0.25, 0.3) is 5.91 Å². The van der Waals surface area contributed by atoms with Gasteiger partial charge in [-0.25, -0.2) is 4.79 Å². The van der Waals surface area contributed by atoms with Gasteiger partial charge in [0.05, 0.1) is 10.9 Å². The number of nitrogens with zero attached hydrogens (tertiary/aromatic N) is 2. The highest BCUT2D eigenvalue weighted by molar-refractivity contribution is 7.16. The van der Waals surface area contributed by atoms with Gasteiger partial charge in [0.15, 0.2) is 0 Å². The number of urea groups is 1. The molecule has 136 valence electrons. The van der Waals surface area contributed by atoms with E-state index in [9.17, 15) is 14.4 Å². The third-order valence-corrected chi connectivity index (χ3v) is 5.58. The Kier molecular flexibility index (Phi) is 5.02. The van der Waals surface area contributed by atoms with E-state index in [2.05, 4.69) is 5.32 Å². The van der Waals surface area contributed by atoms with Gasteiger partial charge >= 0.3 is 6.03 Å². The summed E-state index contributed by atoms with van der Waals surface area (Å²) in [6.45, 7) is 1.71. The molecule has 0 aliphatic carbocycles. The summed E-state index contributed by atoms with van der Waals surface area (Å²) in [7, 11) is 1.63. The number of imide groups is 1. The van der Waals surface area contributed by atoms with Gasteiger partial charge in [-0.15, -0.1) is 11.3 Å². The van der Waals surface area contributed by atoms with Crippen molar-refractivity contribution >= 4 is 40.8 Å². The van der Waals surface area contributed by atoms with Crippen molar-refractivity contribution in [2.75, 3.05) is 13.6 Å². The van der Waals surface area contributed by atoms with Crippen molar-refractivity contribution < 1.29 is 14.4 Å². The van der Waals surface area contributed by atoms with Gasteiger partial charge in [0.2, 0.25) is 5.91 Å². The van der Waals surface area contributed by atoms with Crippen LogP contribution < -0.4 is 5.32 Å². The Bertz CT molecular complexity index is 854. The van der Waals surface area contributed by atoms with Gasteiger partial charge < -0.3 is 10.2 Å². The van der Waals surface area contributed by atoms with E-state index < -0.39 is 17.5 Å². The number of nitrogens with one attached hydrogen (secondary N) is 1. The number of carbonyl (C=O) groups is 3. The molecule has 0 saturated carbocycles. The molecule has 1 saturated heterocycles. The molecule has 1 fully saturated rings. The molecular weight excluding hydrogens is 374 g/mol. The predicted octanol–water partition coefficient (Wildman–Crippen LogP) is 2.83. The van der Waals surface area contributed by atoms with E-state index in [1.165, 1.54) is 16.2 Å². The lowest BCUT2D eigenvalue weighted by molar-refractivity contribution is -0.138. The number of carbonyl (C=O) groups excluding carboxylic acids is 3. The molecule has 2 aromatic rings. The standard InChI is InChI=1S/C18H18ClN3O3S/c1-18(12-6-4-3-5-7-12)16(24)22(17(25)20-18)11-15(23)21(2)10-13-8-9-14(19)26-13/h3-9H,10-11H2,1-2H3,(H,20,25)/t18-/m0/s1. The van der Waals surface area contributed by atoms with Gasteiger partial charge in [0, 0.05) is 11.9 Å². The van der Waals surface area contributed by atoms with Crippen molar-refractivity contribution in [1.29, 1.82) is 0 Å². The second-order valence-corrected chi connectivity index (χ2v) is 8.07. The Hall–Kier alpha value is -2.38. The highest BCUT2D eigenvalue weighted by atomic mass is 35.5. The molecule has 26 heavy (non-hydrogen) atoms. The summed E-state index contributed by atoms with van der Waals surface area (Å²) in [5.74, 6) is -0.759. The van der Waals surface area contributed by atoms with Crippen LogP contribution in [0.1, 0.15) is 17.4 Å². The Morgan fingerprint density at radius 1 is 1.23 bits per heavy atom. The minimum absolute atomic E-state index is 0.303. The first-order valence-electron chi connectivity index (χ1n) is 7.99. The summed E-state index contributed by atoms with van der Waals surface area (Å²) in [6, 6.07) is 12.0. The minimum Gasteiger partial charge on any atom is -0.339 e. The van der Waals surface area contributed by atoms with Gasteiger partial charge in [-0.05, 0) is 24.6 Å². The van der Waals surface area contributed by atoms with Crippen molar-refractivity contribution in [2.45, 2.75) is 19.0 Å². The maximum absolute atomic E-state index is 12.8. The molecule has 1 aliphatic heterocycles. The summed E-state index contributed by atoms with van der Waals surface area (Å²) in [6.07, 6.45) is 0. The number of thiophene rings is 1. The van der Waals surface area contributed by atoms with Crippen molar-refractivity contribution in [1.82, 2.24) is 15.1 Å². The monoisotopic (exact) mass is 391 g/mol. The van der Waals surface area contributed by atoms with E-state index in [-0.39, 0.29) is 12.5 Å². The van der Waals surface area contributed by atoms with Crippen LogP contribution in [0.3, 0.4) is 0 Å². The molecule has 1 N–H and O–H groups in total. The van der Waals surface area contributed by atoms with Crippen LogP contribution in [0.4, 0.5) is 4.79 Å². The largest absolute Gasteiger partial charge is 0.339 e. The summed E-state index contributed by atoms with van der Waals surface area (Å²) in [4.78, 5) is 41.0. The molecule has 3 rings (SSSR count). The van der Waals surface area contributed by atoms with Crippen LogP contribution in [0.15, 0.2) is 42.5 Å². The summed E-state index contributed by atoms with van der Waals surface area (Å²) >= 11 is 7.28. The number of rotatable bonds is 5. The van der Waals surface area contributed by atoms with Gasteiger partial charge in [-0.1, -0.05) is 41.9 Å². The quantitative estimate of drug-likeness (QED) is 0.797. The molecule has 8 heteroatoms. The Morgan fingerprint density at radius 2 is 1.92 bits per heavy atom. The number of hydrogen-bond donors (Lipinski definition) is 1. The van der Waals surface area contributed by atoms with E-state index in [1.807, 2.05) is 12.1 Å². The Morgan fingerprint density at radius 3 is 2.54 bits per heavy atom. The lowest BCUT2D eigenvalue weighted by atomic mass is 9.92. The van der Waals surface area contributed by atoms with Crippen LogP contribution in [-0.4, -0.2) is 41.2 Å². The van der Waals surface area contributed by atoms with Crippen LogP contribution in [0.5, 0.6) is 0 Å². The highest BCUT2D eigenvalue weighted by Gasteiger charge is 2.49. The second kappa shape index (κ2) is 7.09. The first-order valence-corrected chi connectivity index (χ1v) is 9.18. The van der Waals surface area contributed by atoms with Gasteiger partial charge in [-0.3, -0.25) is 14.5 Å². The molecule has 0 unspecified atom stereocenters. The lowest BCUT2D eigenvalue weighted by Crippen LogP contribution is -2.43. The van der Waals surface area contributed by atoms with E-state index >= 15 is 0 Å². The van der Waals surface area contributed by atoms with Crippen molar-refractivity contribution in [2.24, 2.45) is 0 Å². The van der Waals surface area contributed by atoms with Crippen LogP contribution in [0.2, 0.25) is 4.34 Å². The van der Waals surface area contributed by atoms with Crippen LogP contribution in [0, 0.1) is 0 Å². The van der Waals surface area contributed by atoms with E-state index in [4.69, 9.17) is 11.6 Å². The fourth-order valence-electron chi connectivity index (χ4n) is 2.82. The first kappa shape index (κ1) is 18.4. The normalized spacial score (nSPS) is 19.6. The molecule has 6 nitrogen and oxygen atoms in total. The number of amides is 4. The fraction of sp³-hybridized carbons (Fsp3) is 0.278. The van der Waals surface area contributed by atoms with Crippen molar-refractivity contribution in [3.8, 4) is 0 Å². The Balaban J connectivity index is 1.70. The lowest BCUT2D eigenvalue weighted by Gasteiger charge is -2.23. The summed E-state index contributed by atoms with van der Waals surface area (Å²) in [5.41, 5.74) is -0.492. The third kappa shape index (κ3) is 3.45. The molecule has 1 atom stereocenters. The molecule has 0 spiro atoms.